The van der Waals surface area contributed by atoms with Crippen LogP contribution in [0.3, 0.4) is 0 Å². The molecule has 0 aliphatic heterocycles. The summed E-state index contributed by atoms with van der Waals surface area (Å²) in [6.45, 7) is 9.73. The van der Waals surface area contributed by atoms with Gasteiger partial charge in [0.1, 0.15) is 0 Å². The Balaban J connectivity index is 2.17. The summed E-state index contributed by atoms with van der Waals surface area (Å²) in [5.41, 5.74) is 1.73. The Morgan fingerprint density at radius 3 is 2.64 bits per heavy atom. The van der Waals surface area contributed by atoms with Crippen molar-refractivity contribution in [3.63, 3.8) is 0 Å². The predicted octanol–water partition coefficient (Wildman–Crippen LogP) is 2.37. The van der Waals surface area contributed by atoms with Crippen LogP contribution in [0.5, 0.6) is 0 Å². The molecule has 1 aromatic carbocycles. The highest BCUT2D eigenvalue weighted by Crippen LogP contribution is 2.24. The first-order valence-corrected chi connectivity index (χ1v) is 7.99. The second-order valence-corrected chi connectivity index (χ2v) is 7.47. The maximum absolute atomic E-state index is 12.2. The van der Waals surface area contributed by atoms with Gasteiger partial charge < -0.3 is 5.32 Å². The molecule has 1 aromatic heterocycles. The molecule has 1 atom stereocenters. The molecule has 0 aliphatic rings. The highest BCUT2D eigenvalue weighted by molar-refractivity contribution is 8.00. The van der Waals surface area contributed by atoms with Crippen molar-refractivity contribution < 1.29 is 4.79 Å². The molecule has 1 N–H and O–H groups in total. The van der Waals surface area contributed by atoms with Crippen LogP contribution in [0.1, 0.15) is 33.3 Å². The Morgan fingerprint density at radius 1 is 1.32 bits per heavy atom. The molecular weight excluding hydrogens is 298 g/mol. The second-order valence-electron chi connectivity index (χ2n) is 6.16. The Bertz CT molecular complexity index is 662. The first kappa shape index (κ1) is 16.5. The molecule has 22 heavy (non-hydrogen) atoms. The van der Waals surface area contributed by atoms with Gasteiger partial charge in [-0.15, -0.1) is 5.10 Å². The van der Waals surface area contributed by atoms with E-state index >= 15 is 0 Å². The minimum atomic E-state index is -0.284. The number of hydrogen-bond donors (Lipinski definition) is 1. The molecule has 2 aromatic rings. The number of benzene rings is 1. The summed E-state index contributed by atoms with van der Waals surface area (Å²) in [5.74, 6) is -0.0307. The van der Waals surface area contributed by atoms with Gasteiger partial charge in [0, 0.05) is 5.54 Å². The van der Waals surface area contributed by atoms with Crippen molar-refractivity contribution in [2.24, 2.45) is 0 Å². The van der Waals surface area contributed by atoms with Gasteiger partial charge in [0.05, 0.1) is 10.9 Å². The SMILES string of the molecule is Cc1ccccc1-n1nnnc1S[C@@H](C)C(=O)NC(C)(C)C. The van der Waals surface area contributed by atoms with Crippen molar-refractivity contribution in [3.8, 4) is 5.69 Å². The Morgan fingerprint density at radius 2 is 2.00 bits per heavy atom. The van der Waals surface area contributed by atoms with Crippen molar-refractivity contribution in [2.45, 2.75) is 50.6 Å². The number of para-hydroxylation sites is 1. The van der Waals surface area contributed by atoms with Crippen LogP contribution in [0.2, 0.25) is 0 Å². The van der Waals surface area contributed by atoms with Gasteiger partial charge in [-0.2, -0.15) is 4.68 Å². The first-order chi connectivity index (χ1) is 10.3. The monoisotopic (exact) mass is 319 g/mol. The zero-order valence-corrected chi connectivity index (χ0v) is 14.3. The number of nitrogens with zero attached hydrogens (tertiary/aromatic N) is 4. The topological polar surface area (TPSA) is 72.7 Å². The lowest BCUT2D eigenvalue weighted by Gasteiger charge is -2.22. The Labute approximate surface area is 134 Å². The minimum Gasteiger partial charge on any atom is -0.351 e. The third-order valence-electron chi connectivity index (χ3n) is 2.93. The largest absolute Gasteiger partial charge is 0.351 e. The van der Waals surface area contributed by atoms with Crippen molar-refractivity contribution in [1.29, 1.82) is 0 Å². The molecule has 118 valence electrons. The van der Waals surface area contributed by atoms with Crippen LogP contribution >= 0.6 is 11.8 Å². The molecule has 0 saturated carbocycles. The van der Waals surface area contributed by atoms with Gasteiger partial charge in [-0.1, -0.05) is 30.0 Å². The van der Waals surface area contributed by atoms with Crippen LogP contribution in [-0.4, -0.2) is 36.9 Å². The summed E-state index contributed by atoms with van der Waals surface area (Å²) >= 11 is 1.34. The molecule has 0 radical (unpaired) electrons. The zero-order valence-electron chi connectivity index (χ0n) is 13.5. The molecule has 0 fully saturated rings. The summed E-state index contributed by atoms with van der Waals surface area (Å²) in [5, 5.41) is 15.1. The summed E-state index contributed by atoms with van der Waals surface area (Å²) < 4.78 is 1.67. The van der Waals surface area contributed by atoms with Crippen molar-refractivity contribution >= 4 is 17.7 Å². The average molecular weight is 319 g/mol. The summed E-state index contributed by atoms with van der Waals surface area (Å²) in [7, 11) is 0. The molecule has 7 heteroatoms. The number of thioether (sulfide) groups is 1. The summed E-state index contributed by atoms with van der Waals surface area (Å²) in [6.07, 6.45) is 0. The van der Waals surface area contributed by atoms with Gasteiger partial charge in [-0.3, -0.25) is 4.79 Å². The number of tetrazole rings is 1. The second kappa shape index (κ2) is 6.48. The van der Waals surface area contributed by atoms with E-state index in [1.165, 1.54) is 11.8 Å². The van der Waals surface area contributed by atoms with Crippen LogP contribution in [0.15, 0.2) is 29.4 Å². The molecule has 0 bridgehead atoms. The first-order valence-electron chi connectivity index (χ1n) is 7.11. The standard InChI is InChI=1S/C15H21N5OS/c1-10-8-6-7-9-12(10)20-14(17-18-19-20)22-11(2)13(21)16-15(3,4)5/h6-9,11H,1-5H3,(H,16,21)/t11-/m0/s1. The molecule has 6 nitrogen and oxygen atoms in total. The number of aryl methyl sites for hydroxylation is 1. The van der Waals surface area contributed by atoms with E-state index in [0.29, 0.717) is 5.16 Å². The molecule has 1 heterocycles. The van der Waals surface area contributed by atoms with Crippen molar-refractivity contribution in [3.05, 3.63) is 29.8 Å². The van der Waals surface area contributed by atoms with E-state index in [0.717, 1.165) is 11.3 Å². The molecule has 0 unspecified atom stereocenters. The molecule has 0 aliphatic carbocycles. The van der Waals surface area contributed by atoms with Crippen LogP contribution in [0.4, 0.5) is 0 Å². The molecule has 0 spiro atoms. The quantitative estimate of drug-likeness (QED) is 0.876. The van der Waals surface area contributed by atoms with Gasteiger partial charge in [-0.05, 0) is 56.7 Å². The van der Waals surface area contributed by atoms with E-state index in [9.17, 15) is 4.79 Å². The van der Waals surface area contributed by atoms with Gasteiger partial charge in [0.25, 0.3) is 0 Å². The number of carbonyl (C=O) groups excluding carboxylic acids is 1. The number of aromatic nitrogens is 4. The third kappa shape index (κ3) is 4.07. The van der Waals surface area contributed by atoms with E-state index < -0.39 is 0 Å². The van der Waals surface area contributed by atoms with Crippen LogP contribution in [0.25, 0.3) is 5.69 Å². The highest BCUT2D eigenvalue weighted by atomic mass is 32.2. The number of amides is 1. The maximum Gasteiger partial charge on any atom is 0.233 e. The molecule has 0 saturated heterocycles. The fourth-order valence-electron chi connectivity index (χ4n) is 1.89. The van der Waals surface area contributed by atoms with E-state index in [1.54, 1.807) is 4.68 Å². The zero-order chi connectivity index (χ0) is 16.3. The number of nitrogens with one attached hydrogen (secondary N) is 1. The van der Waals surface area contributed by atoms with E-state index in [4.69, 9.17) is 0 Å². The Hall–Kier alpha value is -1.89. The Kier molecular flexibility index (Phi) is 4.85. The van der Waals surface area contributed by atoms with Gasteiger partial charge in [0.15, 0.2) is 0 Å². The number of hydrogen-bond acceptors (Lipinski definition) is 5. The smallest absolute Gasteiger partial charge is 0.233 e. The van der Waals surface area contributed by atoms with E-state index in [2.05, 4.69) is 20.8 Å². The third-order valence-corrected chi connectivity index (χ3v) is 3.97. The molecule has 2 rings (SSSR count). The van der Waals surface area contributed by atoms with Gasteiger partial charge in [0.2, 0.25) is 11.1 Å². The highest BCUT2D eigenvalue weighted by Gasteiger charge is 2.23. The van der Waals surface area contributed by atoms with Crippen molar-refractivity contribution in [1.82, 2.24) is 25.5 Å². The lowest BCUT2D eigenvalue weighted by Crippen LogP contribution is -2.44. The fraction of sp³-hybridized carbons (Fsp3) is 0.467. The minimum absolute atomic E-state index is 0.0307. The van der Waals surface area contributed by atoms with Gasteiger partial charge >= 0.3 is 0 Å². The number of rotatable bonds is 4. The lowest BCUT2D eigenvalue weighted by molar-refractivity contribution is -0.121. The van der Waals surface area contributed by atoms with Crippen LogP contribution in [0, 0.1) is 6.92 Å². The van der Waals surface area contributed by atoms with Crippen molar-refractivity contribution in [2.75, 3.05) is 0 Å². The predicted molar refractivity (Wildman–Crippen MR) is 87.1 cm³/mol. The van der Waals surface area contributed by atoms with Crippen LogP contribution in [-0.2, 0) is 4.79 Å². The van der Waals surface area contributed by atoms with Crippen LogP contribution < -0.4 is 5.32 Å². The van der Waals surface area contributed by atoms with Gasteiger partial charge in [-0.25, -0.2) is 0 Å². The fourth-order valence-corrected chi connectivity index (χ4v) is 2.69. The summed E-state index contributed by atoms with van der Waals surface area (Å²) in [4.78, 5) is 12.2. The molecular formula is C15H21N5OS. The normalized spacial score (nSPS) is 13.0. The number of carbonyl (C=O) groups is 1. The average Bonchev–Trinajstić information content (AvgIpc) is 2.85. The summed E-state index contributed by atoms with van der Waals surface area (Å²) in [6, 6.07) is 7.86. The van der Waals surface area contributed by atoms with E-state index in [-0.39, 0.29) is 16.7 Å². The lowest BCUT2D eigenvalue weighted by atomic mass is 10.1. The molecule has 1 amide bonds. The maximum atomic E-state index is 12.2. The van der Waals surface area contributed by atoms with E-state index in [1.807, 2.05) is 58.9 Å².